The molecule has 10 heteroatoms. The van der Waals surface area contributed by atoms with Crippen molar-refractivity contribution in [1.82, 2.24) is 25.5 Å². The van der Waals surface area contributed by atoms with Gasteiger partial charge in [-0.25, -0.2) is 4.98 Å². The number of rotatable bonds is 13. The molecule has 46 heavy (non-hydrogen) atoms. The average Bonchev–Trinajstić information content (AvgIpc) is 3.73. The predicted molar refractivity (Wildman–Crippen MR) is 175 cm³/mol. The van der Waals surface area contributed by atoms with Gasteiger partial charge in [0.05, 0.1) is 24.9 Å². The number of hydrogen-bond acceptors (Lipinski definition) is 8. The Morgan fingerprint density at radius 2 is 1.87 bits per heavy atom. The molecule has 4 aromatic rings. The first-order valence-corrected chi connectivity index (χ1v) is 15.8. The van der Waals surface area contributed by atoms with E-state index in [1.54, 1.807) is 29.4 Å². The summed E-state index contributed by atoms with van der Waals surface area (Å²) in [6, 6.07) is 15.8. The number of aryl methyl sites for hydroxylation is 1. The van der Waals surface area contributed by atoms with Crippen molar-refractivity contribution in [2.45, 2.75) is 70.7 Å². The number of aromatic nitrogens is 2. The summed E-state index contributed by atoms with van der Waals surface area (Å²) in [7, 11) is 1.50. The normalized spacial score (nSPS) is 16.0. The van der Waals surface area contributed by atoms with Gasteiger partial charge in [0.1, 0.15) is 18.1 Å². The van der Waals surface area contributed by atoms with Crippen molar-refractivity contribution < 1.29 is 23.8 Å². The minimum atomic E-state index is -0.897. The monoisotopic (exact) mass is 625 g/mol. The number of methoxy groups -OCH3 is 1. The van der Waals surface area contributed by atoms with Gasteiger partial charge in [-0.1, -0.05) is 50.2 Å². The molecule has 1 fully saturated rings. The summed E-state index contributed by atoms with van der Waals surface area (Å²) in [5.41, 5.74) is 4.50. The number of ether oxygens (including phenoxy) is 1. The van der Waals surface area contributed by atoms with Crippen LogP contribution in [0.2, 0.25) is 0 Å². The van der Waals surface area contributed by atoms with Crippen LogP contribution in [0.15, 0.2) is 77.7 Å². The van der Waals surface area contributed by atoms with Crippen LogP contribution in [0.1, 0.15) is 87.6 Å². The van der Waals surface area contributed by atoms with E-state index in [9.17, 15) is 14.7 Å². The molecule has 0 bridgehead atoms. The number of benzene rings is 2. The number of likely N-dealkylation sites (tertiary alicyclic amines) is 1. The summed E-state index contributed by atoms with van der Waals surface area (Å²) < 4.78 is 11.1. The van der Waals surface area contributed by atoms with Gasteiger partial charge in [-0.3, -0.25) is 14.6 Å². The number of aliphatic hydroxyl groups excluding tert-OH is 1. The van der Waals surface area contributed by atoms with E-state index >= 15 is 0 Å². The molecule has 1 aliphatic heterocycles. The number of carbonyl (C=O) groups excluding carboxylic acids is 2. The Morgan fingerprint density at radius 1 is 1.09 bits per heavy atom. The molecule has 242 valence electrons. The highest BCUT2D eigenvalue weighted by Gasteiger charge is 2.34. The lowest BCUT2D eigenvalue weighted by atomic mass is 10.00. The average molecular weight is 626 g/mol. The molecule has 1 aliphatic rings. The van der Waals surface area contributed by atoms with Gasteiger partial charge in [-0.15, -0.1) is 0 Å². The van der Waals surface area contributed by atoms with E-state index in [-0.39, 0.29) is 24.1 Å². The number of nitrogens with zero attached hydrogens (tertiary/aromatic N) is 3. The highest BCUT2D eigenvalue weighted by atomic mass is 16.5. The molecule has 2 aromatic carbocycles. The molecule has 0 spiro atoms. The van der Waals surface area contributed by atoms with Crippen LogP contribution in [0.5, 0.6) is 5.75 Å². The maximum absolute atomic E-state index is 13.8. The van der Waals surface area contributed by atoms with Crippen LogP contribution in [0.4, 0.5) is 0 Å². The quantitative estimate of drug-likeness (QED) is 0.190. The second-order valence-electron chi connectivity index (χ2n) is 12.2. The van der Waals surface area contributed by atoms with Gasteiger partial charge >= 0.3 is 0 Å². The zero-order valence-electron chi connectivity index (χ0n) is 26.9. The largest absolute Gasteiger partial charge is 0.497 e. The third-order valence-corrected chi connectivity index (χ3v) is 8.33. The zero-order chi connectivity index (χ0) is 32.6. The topological polar surface area (TPSA) is 130 Å². The number of oxazole rings is 1. The molecule has 10 nitrogen and oxygen atoms in total. The molecular weight excluding hydrogens is 582 g/mol. The summed E-state index contributed by atoms with van der Waals surface area (Å²) in [6.45, 7) is 7.43. The summed E-state index contributed by atoms with van der Waals surface area (Å²) in [4.78, 5) is 38.0. The first kappa shape index (κ1) is 32.8. The summed E-state index contributed by atoms with van der Waals surface area (Å²) in [5, 5.41) is 17.7. The molecule has 3 heterocycles. The zero-order valence-corrected chi connectivity index (χ0v) is 26.9. The molecule has 2 amide bonds. The van der Waals surface area contributed by atoms with Gasteiger partial charge in [0.15, 0.2) is 0 Å². The van der Waals surface area contributed by atoms with Crippen molar-refractivity contribution >= 4 is 11.8 Å². The van der Waals surface area contributed by atoms with E-state index < -0.39 is 18.1 Å². The van der Waals surface area contributed by atoms with Crippen molar-refractivity contribution in [3.63, 3.8) is 0 Å². The molecule has 3 atom stereocenters. The lowest BCUT2D eigenvalue weighted by molar-refractivity contribution is 0.0715. The van der Waals surface area contributed by atoms with Crippen molar-refractivity contribution in [3.8, 4) is 5.75 Å². The number of carbonyl (C=O) groups is 2. The van der Waals surface area contributed by atoms with Crippen LogP contribution in [0.25, 0.3) is 0 Å². The third-order valence-electron chi connectivity index (χ3n) is 8.33. The van der Waals surface area contributed by atoms with Gasteiger partial charge in [0.25, 0.3) is 11.8 Å². The van der Waals surface area contributed by atoms with E-state index in [2.05, 4.69) is 40.5 Å². The first-order valence-electron chi connectivity index (χ1n) is 15.8. The van der Waals surface area contributed by atoms with Gasteiger partial charge in [-0.05, 0) is 67.0 Å². The van der Waals surface area contributed by atoms with Crippen LogP contribution in [0, 0.1) is 6.92 Å². The minimum Gasteiger partial charge on any atom is -0.497 e. The maximum Gasteiger partial charge on any atom is 0.254 e. The van der Waals surface area contributed by atoms with Crippen molar-refractivity contribution in [1.29, 1.82) is 0 Å². The Morgan fingerprint density at radius 3 is 2.59 bits per heavy atom. The standard InChI is InChI=1S/C36H43N5O5/c1-23(2)29-13-26(18-37-20-29)19-38-21-33(42)31(14-25-9-6-5-7-10-25)40-34(43)27-15-28(17-30(16-27)45-4)36(44)41-12-8-11-32(41)35-39-24(3)22-46-35/h5-7,9-10,13,15-18,20,22-23,31-33,38,42H,8,11-12,14,19,21H2,1-4H3,(H,40,43)/t31-,32?,33+/m0/s1. The molecule has 5 rings (SSSR count). The summed E-state index contributed by atoms with van der Waals surface area (Å²) in [5.74, 6) is 0.623. The number of amides is 2. The van der Waals surface area contributed by atoms with Gasteiger partial charge < -0.3 is 29.8 Å². The molecule has 1 unspecified atom stereocenters. The lowest BCUT2D eigenvalue weighted by Crippen LogP contribution is -2.48. The van der Waals surface area contributed by atoms with Crippen LogP contribution >= 0.6 is 0 Å². The molecule has 0 saturated carbocycles. The number of hydrogen-bond donors (Lipinski definition) is 3. The lowest BCUT2D eigenvalue weighted by Gasteiger charge is -2.25. The minimum absolute atomic E-state index is 0.229. The van der Waals surface area contributed by atoms with Crippen molar-refractivity contribution in [3.05, 3.63) is 113 Å². The second kappa shape index (κ2) is 15.2. The first-order chi connectivity index (χ1) is 22.2. The molecule has 0 radical (unpaired) electrons. The Bertz CT molecular complexity index is 1620. The Balaban J connectivity index is 1.32. The SMILES string of the molecule is COc1cc(C(=O)N[C@@H](Cc2ccccc2)[C@H](O)CNCc2cncc(C(C)C)c2)cc(C(=O)N2CCCC2c2nc(C)co2)c1. The van der Waals surface area contributed by atoms with E-state index in [1.807, 2.05) is 49.6 Å². The van der Waals surface area contributed by atoms with E-state index in [4.69, 9.17) is 9.15 Å². The highest BCUT2D eigenvalue weighted by Crippen LogP contribution is 2.33. The van der Waals surface area contributed by atoms with Gasteiger partial charge in [0.2, 0.25) is 5.89 Å². The molecular formula is C36H43N5O5. The van der Waals surface area contributed by atoms with Crippen LogP contribution in [0.3, 0.4) is 0 Å². The fraction of sp³-hybridized carbons (Fsp3) is 0.389. The summed E-state index contributed by atoms with van der Waals surface area (Å²) in [6.07, 6.45) is 6.35. The Hall–Kier alpha value is -4.54. The van der Waals surface area contributed by atoms with Crippen LogP contribution in [-0.4, -0.2) is 64.1 Å². The summed E-state index contributed by atoms with van der Waals surface area (Å²) >= 11 is 0. The molecule has 1 saturated heterocycles. The number of nitrogens with one attached hydrogen (secondary N) is 2. The fourth-order valence-corrected chi connectivity index (χ4v) is 5.76. The van der Waals surface area contributed by atoms with Crippen LogP contribution < -0.4 is 15.4 Å². The fourth-order valence-electron chi connectivity index (χ4n) is 5.76. The Kier molecular flexibility index (Phi) is 10.8. The second-order valence-corrected chi connectivity index (χ2v) is 12.2. The maximum atomic E-state index is 13.8. The van der Waals surface area contributed by atoms with Crippen molar-refractivity contribution in [2.75, 3.05) is 20.2 Å². The molecule has 0 aliphatic carbocycles. The van der Waals surface area contributed by atoms with E-state index in [1.165, 1.54) is 7.11 Å². The third kappa shape index (κ3) is 8.18. The van der Waals surface area contributed by atoms with Gasteiger partial charge in [0, 0.05) is 43.2 Å². The predicted octanol–water partition coefficient (Wildman–Crippen LogP) is 4.98. The van der Waals surface area contributed by atoms with E-state index in [0.717, 1.165) is 35.2 Å². The van der Waals surface area contributed by atoms with Crippen molar-refractivity contribution in [2.24, 2.45) is 0 Å². The van der Waals surface area contributed by atoms with Gasteiger partial charge in [-0.2, -0.15) is 0 Å². The van der Waals surface area contributed by atoms with Crippen LogP contribution in [-0.2, 0) is 13.0 Å². The number of pyridine rings is 1. The Labute approximate surface area is 270 Å². The molecule has 2 aromatic heterocycles. The van der Waals surface area contributed by atoms with E-state index in [0.29, 0.717) is 42.6 Å². The molecule has 3 N–H and O–H groups in total. The number of aliphatic hydroxyl groups is 1. The smallest absolute Gasteiger partial charge is 0.254 e. The highest BCUT2D eigenvalue weighted by molar-refractivity contribution is 6.00.